The Balaban J connectivity index is 2.45. The Morgan fingerprint density at radius 1 is 1.50 bits per heavy atom. The number of aliphatic hydroxyl groups excluding tert-OH is 1. The predicted octanol–water partition coefficient (Wildman–Crippen LogP) is 0.633. The summed E-state index contributed by atoms with van der Waals surface area (Å²) in [6, 6.07) is 0.327. The third-order valence-corrected chi connectivity index (χ3v) is 3.73. The van der Waals surface area contributed by atoms with Crippen LogP contribution in [-0.4, -0.2) is 43.1 Å². The Kier molecular flexibility index (Phi) is 5.69. The fourth-order valence-corrected chi connectivity index (χ4v) is 2.58. The maximum Gasteiger partial charge on any atom is 0.0572 e. The number of ether oxygens (including phenoxy) is 1. The highest BCUT2D eigenvalue weighted by molar-refractivity contribution is 4.95. The average Bonchev–Trinajstić information content (AvgIpc) is 2.30. The van der Waals surface area contributed by atoms with E-state index in [2.05, 4.69) is 12.2 Å². The Bertz CT molecular complexity index is 191. The lowest BCUT2D eigenvalue weighted by molar-refractivity contribution is 0.0398. The molecule has 1 fully saturated rings. The van der Waals surface area contributed by atoms with Crippen LogP contribution in [0.5, 0.6) is 0 Å². The summed E-state index contributed by atoms with van der Waals surface area (Å²) >= 11 is 0. The first-order valence-electron chi connectivity index (χ1n) is 6.27. The van der Waals surface area contributed by atoms with Crippen LogP contribution in [0.15, 0.2) is 0 Å². The minimum absolute atomic E-state index is 0.0591. The molecule has 1 atom stereocenters. The Morgan fingerprint density at radius 2 is 2.12 bits per heavy atom. The second-order valence-corrected chi connectivity index (χ2v) is 4.98. The van der Waals surface area contributed by atoms with E-state index < -0.39 is 0 Å². The molecule has 0 aromatic heterocycles. The smallest absolute Gasteiger partial charge is 0.0572 e. The highest BCUT2D eigenvalue weighted by Gasteiger charge is 2.34. The molecule has 4 nitrogen and oxygen atoms in total. The van der Waals surface area contributed by atoms with Crippen LogP contribution < -0.4 is 11.1 Å². The first-order chi connectivity index (χ1) is 7.65. The molecule has 0 saturated heterocycles. The summed E-state index contributed by atoms with van der Waals surface area (Å²) in [6.45, 7) is 3.00. The third kappa shape index (κ3) is 3.70. The Labute approximate surface area is 98.5 Å². The van der Waals surface area contributed by atoms with E-state index >= 15 is 0 Å². The van der Waals surface area contributed by atoms with E-state index in [0.29, 0.717) is 18.7 Å². The zero-order valence-electron chi connectivity index (χ0n) is 10.5. The van der Waals surface area contributed by atoms with Gasteiger partial charge in [-0.1, -0.05) is 0 Å². The summed E-state index contributed by atoms with van der Waals surface area (Å²) in [5.41, 5.74) is 5.96. The van der Waals surface area contributed by atoms with Gasteiger partial charge in [-0.3, -0.25) is 0 Å². The minimum atomic E-state index is 0.0591. The van der Waals surface area contributed by atoms with Crippen molar-refractivity contribution in [1.82, 2.24) is 5.32 Å². The van der Waals surface area contributed by atoms with E-state index in [4.69, 9.17) is 15.6 Å². The van der Waals surface area contributed by atoms with Gasteiger partial charge in [0.05, 0.1) is 6.10 Å². The molecule has 1 aliphatic rings. The van der Waals surface area contributed by atoms with Crippen molar-refractivity contribution in [3.63, 3.8) is 0 Å². The maximum atomic E-state index is 8.91. The van der Waals surface area contributed by atoms with Crippen molar-refractivity contribution < 1.29 is 9.84 Å². The second-order valence-electron chi connectivity index (χ2n) is 4.98. The molecule has 4 N–H and O–H groups in total. The van der Waals surface area contributed by atoms with Crippen LogP contribution in [0, 0.1) is 0 Å². The number of hydrogen-bond acceptors (Lipinski definition) is 4. The molecule has 1 unspecified atom stereocenters. The van der Waals surface area contributed by atoms with Gasteiger partial charge in [-0.05, 0) is 39.0 Å². The van der Waals surface area contributed by atoms with Crippen LogP contribution in [-0.2, 0) is 4.74 Å². The van der Waals surface area contributed by atoms with Gasteiger partial charge in [-0.15, -0.1) is 0 Å². The summed E-state index contributed by atoms with van der Waals surface area (Å²) in [5.74, 6) is 0. The quantitative estimate of drug-likeness (QED) is 0.626. The normalized spacial score (nSPS) is 32.6. The summed E-state index contributed by atoms with van der Waals surface area (Å²) in [4.78, 5) is 0. The molecule has 1 saturated carbocycles. The molecule has 0 spiro atoms. The van der Waals surface area contributed by atoms with Crippen molar-refractivity contribution in [2.75, 3.05) is 20.3 Å². The summed E-state index contributed by atoms with van der Waals surface area (Å²) in [7, 11) is 1.78. The Hall–Kier alpha value is -0.160. The lowest BCUT2D eigenvalue weighted by atomic mass is 9.79. The van der Waals surface area contributed by atoms with Gasteiger partial charge in [0.25, 0.3) is 0 Å². The summed E-state index contributed by atoms with van der Waals surface area (Å²) in [6.07, 6.45) is 5.47. The molecule has 0 aliphatic heterocycles. The van der Waals surface area contributed by atoms with Gasteiger partial charge >= 0.3 is 0 Å². The van der Waals surface area contributed by atoms with Gasteiger partial charge in [-0.2, -0.15) is 0 Å². The maximum absolute atomic E-state index is 8.91. The molecule has 0 aromatic rings. The average molecular weight is 230 g/mol. The molecule has 0 heterocycles. The van der Waals surface area contributed by atoms with E-state index in [0.717, 1.165) is 32.1 Å². The molecule has 1 aliphatic carbocycles. The molecule has 0 radical (unpaired) electrons. The molecule has 16 heavy (non-hydrogen) atoms. The number of aliphatic hydroxyl groups is 1. The van der Waals surface area contributed by atoms with Crippen molar-refractivity contribution in [3.8, 4) is 0 Å². The molecule has 0 amide bonds. The lowest BCUT2D eigenvalue weighted by Gasteiger charge is -2.41. The van der Waals surface area contributed by atoms with Crippen molar-refractivity contribution in [2.24, 2.45) is 5.73 Å². The first kappa shape index (κ1) is 13.9. The van der Waals surface area contributed by atoms with Gasteiger partial charge in [0, 0.05) is 31.8 Å². The van der Waals surface area contributed by atoms with Gasteiger partial charge in [0.15, 0.2) is 0 Å². The van der Waals surface area contributed by atoms with Crippen LogP contribution >= 0.6 is 0 Å². The fraction of sp³-hybridized carbons (Fsp3) is 1.00. The van der Waals surface area contributed by atoms with Crippen LogP contribution in [0.25, 0.3) is 0 Å². The second kappa shape index (κ2) is 6.55. The zero-order valence-corrected chi connectivity index (χ0v) is 10.5. The highest BCUT2D eigenvalue weighted by atomic mass is 16.5. The summed E-state index contributed by atoms with van der Waals surface area (Å²) < 4.78 is 5.37. The van der Waals surface area contributed by atoms with Gasteiger partial charge in [0.1, 0.15) is 0 Å². The van der Waals surface area contributed by atoms with Crippen molar-refractivity contribution in [1.29, 1.82) is 0 Å². The van der Waals surface area contributed by atoms with Crippen LogP contribution in [0.2, 0.25) is 0 Å². The summed E-state index contributed by atoms with van der Waals surface area (Å²) in [5, 5.41) is 12.5. The lowest BCUT2D eigenvalue weighted by Crippen LogP contribution is -2.57. The fourth-order valence-electron chi connectivity index (χ4n) is 2.58. The third-order valence-electron chi connectivity index (χ3n) is 3.73. The molecule has 4 heteroatoms. The van der Waals surface area contributed by atoms with E-state index in [-0.39, 0.29) is 12.1 Å². The van der Waals surface area contributed by atoms with Gasteiger partial charge < -0.3 is 20.9 Å². The van der Waals surface area contributed by atoms with Gasteiger partial charge in [-0.25, -0.2) is 0 Å². The van der Waals surface area contributed by atoms with E-state index in [9.17, 15) is 0 Å². The SMILES string of the molecule is COC1CCC(CN)(NC(C)CCO)CC1. The number of rotatable bonds is 6. The van der Waals surface area contributed by atoms with Crippen LogP contribution in [0.4, 0.5) is 0 Å². The molecule has 0 aromatic carbocycles. The van der Waals surface area contributed by atoms with Crippen LogP contribution in [0.1, 0.15) is 39.0 Å². The predicted molar refractivity (Wildman–Crippen MR) is 65.4 cm³/mol. The monoisotopic (exact) mass is 230 g/mol. The molecule has 1 rings (SSSR count). The van der Waals surface area contributed by atoms with Crippen molar-refractivity contribution >= 4 is 0 Å². The molecular weight excluding hydrogens is 204 g/mol. The van der Waals surface area contributed by atoms with E-state index in [1.165, 1.54) is 0 Å². The largest absolute Gasteiger partial charge is 0.396 e. The first-order valence-corrected chi connectivity index (χ1v) is 6.27. The number of nitrogens with two attached hydrogens (primary N) is 1. The zero-order chi connectivity index (χ0) is 12.0. The van der Waals surface area contributed by atoms with Gasteiger partial charge in [0.2, 0.25) is 0 Å². The number of nitrogens with one attached hydrogen (secondary N) is 1. The van der Waals surface area contributed by atoms with Crippen LogP contribution in [0.3, 0.4) is 0 Å². The number of hydrogen-bond donors (Lipinski definition) is 3. The number of methoxy groups -OCH3 is 1. The van der Waals surface area contributed by atoms with E-state index in [1.54, 1.807) is 7.11 Å². The molecular formula is C12H26N2O2. The van der Waals surface area contributed by atoms with Crippen molar-refractivity contribution in [3.05, 3.63) is 0 Å². The highest BCUT2D eigenvalue weighted by Crippen LogP contribution is 2.29. The van der Waals surface area contributed by atoms with Crippen molar-refractivity contribution in [2.45, 2.75) is 56.7 Å². The minimum Gasteiger partial charge on any atom is -0.396 e. The topological polar surface area (TPSA) is 67.5 Å². The standard InChI is InChI=1S/C12H26N2O2/c1-10(5-8-15)14-12(9-13)6-3-11(16-2)4-7-12/h10-11,14-15H,3-9,13H2,1-2H3. The molecule has 0 bridgehead atoms. The molecule has 96 valence electrons. The van der Waals surface area contributed by atoms with E-state index in [1.807, 2.05) is 0 Å². The Morgan fingerprint density at radius 3 is 2.56 bits per heavy atom.